The standard InChI is InChI=1S/C8H9N5O2/c1-2-12-7(4-9-11-12)13-5-6(3-10-13)8(14)15/h3-5H,2H2,1H3,(H,14,15). The summed E-state index contributed by atoms with van der Waals surface area (Å²) in [5, 5.41) is 20.2. The first kappa shape index (κ1) is 9.38. The number of hydrogen-bond donors (Lipinski definition) is 1. The molecule has 0 saturated heterocycles. The van der Waals surface area contributed by atoms with Gasteiger partial charge in [0.15, 0.2) is 5.82 Å². The topological polar surface area (TPSA) is 85.8 Å². The molecule has 0 amide bonds. The van der Waals surface area contributed by atoms with Crippen molar-refractivity contribution in [3.05, 3.63) is 24.2 Å². The van der Waals surface area contributed by atoms with E-state index in [1.54, 1.807) is 4.68 Å². The zero-order valence-corrected chi connectivity index (χ0v) is 8.03. The summed E-state index contributed by atoms with van der Waals surface area (Å²) in [7, 11) is 0. The minimum atomic E-state index is -1.00. The van der Waals surface area contributed by atoms with E-state index in [4.69, 9.17) is 5.11 Å². The summed E-state index contributed by atoms with van der Waals surface area (Å²) in [5.74, 6) is -0.359. The lowest BCUT2D eigenvalue weighted by atomic mass is 10.4. The fourth-order valence-electron chi connectivity index (χ4n) is 1.21. The molecule has 0 aliphatic heterocycles. The Hall–Kier alpha value is -2.18. The maximum Gasteiger partial charge on any atom is 0.338 e. The quantitative estimate of drug-likeness (QED) is 0.775. The minimum Gasteiger partial charge on any atom is -0.478 e. The van der Waals surface area contributed by atoms with Gasteiger partial charge in [-0.25, -0.2) is 14.2 Å². The summed E-state index contributed by atoms with van der Waals surface area (Å²) in [5.41, 5.74) is 0.138. The van der Waals surface area contributed by atoms with E-state index >= 15 is 0 Å². The van der Waals surface area contributed by atoms with Crippen LogP contribution in [-0.2, 0) is 6.54 Å². The highest BCUT2D eigenvalue weighted by Crippen LogP contribution is 2.06. The van der Waals surface area contributed by atoms with Gasteiger partial charge < -0.3 is 5.11 Å². The van der Waals surface area contributed by atoms with Crippen molar-refractivity contribution >= 4 is 5.97 Å². The van der Waals surface area contributed by atoms with Crippen LogP contribution in [0.1, 0.15) is 17.3 Å². The third-order valence-corrected chi connectivity index (χ3v) is 1.96. The van der Waals surface area contributed by atoms with E-state index in [0.29, 0.717) is 12.4 Å². The lowest BCUT2D eigenvalue weighted by Gasteiger charge is -2.01. The third kappa shape index (κ3) is 1.58. The van der Waals surface area contributed by atoms with Crippen molar-refractivity contribution < 1.29 is 9.90 Å². The fourth-order valence-corrected chi connectivity index (χ4v) is 1.21. The van der Waals surface area contributed by atoms with E-state index < -0.39 is 5.97 Å². The summed E-state index contributed by atoms with van der Waals surface area (Å²) >= 11 is 0. The van der Waals surface area contributed by atoms with Gasteiger partial charge in [0.2, 0.25) is 0 Å². The van der Waals surface area contributed by atoms with Gasteiger partial charge in [-0.2, -0.15) is 5.10 Å². The molecule has 1 N–H and O–H groups in total. The number of rotatable bonds is 3. The Kier molecular flexibility index (Phi) is 2.20. The molecule has 0 spiro atoms. The SMILES string of the molecule is CCn1nncc1-n1cc(C(=O)O)cn1. The highest BCUT2D eigenvalue weighted by atomic mass is 16.4. The number of carboxylic acid groups (broad SMARTS) is 1. The van der Waals surface area contributed by atoms with Gasteiger partial charge in [0.25, 0.3) is 0 Å². The number of aryl methyl sites for hydroxylation is 1. The van der Waals surface area contributed by atoms with Crippen LogP contribution in [0.15, 0.2) is 18.6 Å². The highest BCUT2D eigenvalue weighted by molar-refractivity contribution is 5.86. The second-order valence-electron chi connectivity index (χ2n) is 2.89. The first-order valence-electron chi connectivity index (χ1n) is 4.39. The van der Waals surface area contributed by atoms with Crippen LogP contribution in [0.5, 0.6) is 0 Å². The molecule has 78 valence electrons. The molecule has 2 aromatic rings. The van der Waals surface area contributed by atoms with Crippen molar-refractivity contribution in [2.45, 2.75) is 13.5 Å². The van der Waals surface area contributed by atoms with Crippen molar-refractivity contribution in [1.29, 1.82) is 0 Å². The second kappa shape index (κ2) is 3.52. The summed E-state index contributed by atoms with van der Waals surface area (Å²) in [4.78, 5) is 10.6. The average Bonchev–Trinajstić information content (AvgIpc) is 2.85. The Labute approximate surface area is 84.9 Å². The second-order valence-corrected chi connectivity index (χ2v) is 2.89. The summed E-state index contributed by atoms with van der Waals surface area (Å²) in [6, 6.07) is 0. The predicted octanol–water partition coefficient (Wildman–Crippen LogP) is 0.182. The first-order chi connectivity index (χ1) is 7.22. The van der Waals surface area contributed by atoms with Crippen LogP contribution in [0.2, 0.25) is 0 Å². The van der Waals surface area contributed by atoms with Gasteiger partial charge in [-0.05, 0) is 6.92 Å². The Bertz CT molecular complexity index is 487. The lowest BCUT2D eigenvalue weighted by molar-refractivity contribution is 0.0697. The van der Waals surface area contributed by atoms with Gasteiger partial charge in [0, 0.05) is 12.7 Å². The van der Waals surface area contributed by atoms with Crippen molar-refractivity contribution in [3.63, 3.8) is 0 Å². The molecule has 2 aromatic heterocycles. The molecule has 0 saturated carbocycles. The van der Waals surface area contributed by atoms with Crippen molar-refractivity contribution in [2.75, 3.05) is 0 Å². The smallest absolute Gasteiger partial charge is 0.338 e. The van der Waals surface area contributed by atoms with Gasteiger partial charge in [0.1, 0.15) is 0 Å². The van der Waals surface area contributed by atoms with E-state index in [9.17, 15) is 4.79 Å². The van der Waals surface area contributed by atoms with E-state index in [1.165, 1.54) is 23.3 Å². The maximum absolute atomic E-state index is 10.6. The maximum atomic E-state index is 10.6. The Morgan fingerprint density at radius 1 is 1.53 bits per heavy atom. The molecule has 0 fully saturated rings. The first-order valence-corrected chi connectivity index (χ1v) is 4.39. The molecule has 15 heavy (non-hydrogen) atoms. The number of carboxylic acids is 1. The minimum absolute atomic E-state index is 0.138. The largest absolute Gasteiger partial charge is 0.478 e. The lowest BCUT2D eigenvalue weighted by Crippen LogP contribution is -2.06. The molecule has 7 nitrogen and oxygen atoms in total. The fraction of sp³-hybridized carbons (Fsp3) is 0.250. The van der Waals surface area contributed by atoms with E-state index in [-0.39, 0.29) is 5.56 Å². The highest BCUT2D eigenvalue weighted by Gasteiger charge is 2.10. The molecule has 2 rings (SSSR count). The third-order valence-electron chi connectivity index (χ3n) is 1.96. The van der Waals surface area contributed by atoms with Crippen molar-refractivity contribution in [1.82, 2.24) is 24.8 Å². The zero-order valence-electron chi connectivity index (χ0n) is 8.03. The number of nitrogens with zero attached hydrogens (tertiary/aromatic N) is 5. The van der Waals surface area contributed by atoms with Crippen LogP contribution >= 0.6 is 0 Å². The van der Waals surface area contributed by atoms with Gasteiger partial charge >= 0.3 is 5.97 Å². The van der Waals surface area contributed by atoms with Crippen LogP contribution in [0, 0.1) is 0 Å². The summed E-state index contributed by atoms with van der Waals surface area (Å²) in [6.45, 7) is 2.57. The molecule has 0 atom stereocenters. The number of aromatic carboxylic acids is 1. The Balaban J connectivity index is 2.41. The van der Waals surface area contributed by atoms with Gasteiger partial charge in [0.05, 0.1) is 18.0 Å². The van der Waals surface area contributed by atoms with Crippen LogP contribution in [0.4, 0.5) is 0 Å². The molecule has 0 bridgehead atoms. The molecule has 0 aromatic carbocycles. The molecule has 7 heteroatoms. The van der Waals surface area contributed by atoms with Crippen molar-refractivity contribution in [2.24, 2.45) is 0 Å². The molecule has 2 heterocycles. The molecular weight excluding hydrogens is 198 g/mol. The molecule has 0 aliphatic rings. The van der Waals surface area contributed by atoms with Crippen LogP contribution in [-0.4, -0.2) is 35.9 Å². The predicted molar refractivity (Wildman–Crippen MR) is 49.8 cm³/mol. The number of carbonyl (C=O) groups is 1. The van der Waals surface area contributed by atoms with Crippen molar-refractivity contribution in [3.8, 4) is 5.82 Å². The Morgan fingerprint density at radius 3 is 2.93 bits per heavy atom. The zero-order chi connectivity index (χ0) is 10.8. The molecule has 0 aliphatic carbocycles. The van der Waals surface area contributed by atoms with Crippen LogP contribution in [0.25, 0.3) is 5.82 Å². The summed E-state index contributed by atoms with van der Waals surface area (Å²) < 4.78 is 3.06. The average molecular weight is 207 g/mol. The van der Waals surface area contributed by atoms with Crippen LogP contribution in [0.3, 0.4) is 0 Å². The normalized spacial score (nSPS) is 10.5. The van der Waals surface area contributed by atoms with Crippen LogP contribution < -0.4 is 0 Å². The number of aromatic nitrogens is 5. The molecule has 0 radical (unpaired) electrons. The Morgan fingerprint density at radius 2 is 2.33 bits per heavy atom. The molecular formula is C8H9N5O2. The van der Waals surface area contributed by atoms with Gasteiger partial charge in [-0.1, -0.05) is 5.21 Å². The number of hydrogen-bond acceptors (Lipinski definition) is 4. The monoisotopic (exact) mass is 207 g/mol. The summed E-state index contributed by atoms with van der Waals surface area (Å²) in [6.07, 6.45) is 4.24. The van der Waals surface area contributed by atoms with E-state index in [0.717, 1.165) is 0 Å². The van der Waals surface area contributed by atoms with Gasteiger partial charge in [-0.3, -0.25) is 0 Å². The van der Waals surface area contributed by atoms with Gasteiger partial charge in [-0.15, -0.1) is 5.10 Å². The van der Waals surface area contributed by atoms with E-state index in [1.807, 2.05) is 6.92 Å². The molecule has 0 unspecified atom stereocenters. The van der Waals surface area contributed by atoms with E-state index in [2.05, 4.69) is 15.4 Å².